The molecule has 17 heavy (non-hydrogen) atoms. The van der Waals surface area contributed by atoms with E-state index < -0.39 is 0 Å². The number of hydrogen-bond donors (Lipinski definition) is 1. The topological polar surface area (TPSA) is 29.1 Å². The molecule has 1 N–H and O–H groups in total. The highest BCUT2D eigenvalue weighted by Crippen LogP contribution is 2.70. The number of carbonyl (C=O) groups excluding carboxylic acids is 1. The Hall–Kier alpha value is -1.02. The number of benzene rings is 1. The van der Waals surface area contributed by atoms with Gasteiger partial charge in [-0.15, -0.1) is 0 Å². The first-order valence-corrected chi connectivity index (χ1v) is 6.52. The van der Waals surface area contributed by atoms with E-state index in [9.17, 15) is 4.79 Å². The fourth-order valence-corrected chi connectivity index (χ4v) is 2.77. The number of hydrogen-bond acceptors (Lipinski definition) is 1. The Kier molecular flexibility index (Phi) is 2.44. The highest BCUT2D eigenvalue weighted by Gasteiger charge is 2.65. The second kappa shape index (κ2) is 3.74. The predicted molar refractivity (Wildman–Crippen MR) is 67.8 cm³/mol. The molecule has 1 aromatic carbocycles. The van der Waals surface area contributed by atoms with E-state index in [0.717, 1.165) is 22.6 Å². The number of carbonyl (C=O) groups is 1. The quantitative estimate of drug-likeness (QED) is 0.877. The van der Waals surface area contributed by atoms with E-state index in [2.05, 4.69) is 5.32 Å². The highest BCUT2D eigenvalue weighted by molar-refractivity contribution is 6.31. The molecule has 0 aromatic heterocycles. The normalized spacial score (nSPS) is 23.5. The van der Waals surface area contributed by atoms with Crippen LogP contribution in [0.2, 0.25) is 5.02 Å². The molecule has 0 heterocycles. The zero-order valence-electron chi connectivity index (χ0n) is 9.92. The lowest BCUT2D eigenvalue weighted by atomic mass is 10.1. The first-order chi connectivity index (χ1) is 8.12. The largest absolute Gasteiger partial charge is 0.352 e. The zero-order chi connectivity index (χ0) is 12.0. The van der Waals surface area contributed by atoms with E-state index in [1.54, 1.807) is 0 Å². The van der Waals surface area contributed by atoms with Crippen LogP contribution in [0.4, 0.5) is 0 Å². The minimum atomic E-state index is 0.224. The number of rotatable bonds is 3. The summed E-state index contributed by atoms with van der Waals surface area (Å²) >= 11 is 6.05. The molecule has 3 heteroatoms. The Bertz CT molecular complexity index is 479. The van der Waals surface area contributed by atoms with Crippen molar-refractivity contribution in [2.75, 3.05) is 0 Å². The molecular formula is C14H16ClNO. The molecule has 1 amide bonds. The van der Waals surface area contributed by atoms with Crippen LogP contribution >= 0.6 is 11.6 Å². The molecule has 3 rings (SSSR count). The van der Waals surface area contributed by atoms with Crippen molar-refractivity contribution in [1.82, 2.24) is 5.32 Å². The first-order valence-electron chi connectivity index (χ1n) is 6.14. The molecule has 2 aliphatic rings. The fourth-order valence-electron chi connectivity index (χ4n) is 2.58. The molecule has 0 aliphatic heterocycles. The van der Waals surface area contributed by atoms with Gasteiger partial charge in [0.15, 0.2) is 0 Å². The van der Waals surface area contributed by atoms with Crippen LogP contribution < -0.4 is 5.32 Å². The van der Waals surface area contributed by atoms with Gasteiger partial charge in [0.25, 0.3) is 0 Å². The van der Waals surface area contributed by atoms with Crippen LogP contribution in [0.1, 0.15) is 30.4 Å². The molecule has 2 aliphatic carbocycles. The smallest absolute Gasteiger partial charge is 0.223 e. The van der Waals surface area contributed by atoms with Crippen molar-refractivity contribution in [3.05, 3.63) is 34.3 Å². The number of amides is 1. The summed E-state index contributed by atoms with van der Waals surface area (Å²) in [6.07, 6.45) is 3.61. The zero-order valence-corrected chi connectivity index (χ0v) is 10.7. The molecular weight excluding hydrogens is 234 g/mol. The van der Waals surface area contributed by atoms with Gasteiger partial charge in [0.1, 0.15) is 0 Å². The van der Waals surface area contributed by atoms with Gasteiger partial charge in [-0.25, -0.2) is 0 Å². The van der Waals surface area contributed by atoms with Crippen LogP contribution in [-0.4, -0.2) is 5.91 Å². The van der Waals surface area contributed by atoms with Gasteiger partial charge in [0.2, 0.25) is 5.91 Å². The maximum atomic E-state index is 11.9. The summed E-state index contributed by atoms with van der Waals surface area (Å²) in [5.74, 6) is 0.517. The molecule has 0 bridgehead atoms. The van der Waals surface area contributed by atoms with Crippen molar-refractivity contribution in [1.29, 1.82) is 0 Å². The van der Waals surface area contributed by atoms with Gasteiger partial charge in [0.05, 0.1) is 0 Å². The maximum absolute atomic E-state index is 11.9. The van der Waals surface area contributed by atoms with Gasteiger partial charge in [0, 0.05) is 17.5 Å². The van der Waals surface area contributed by atoms with Crippen molar-refractivity contribution in [2.45, 2.75) is 32.7 Å². The summed E-state index contributed by atoms with van der Waals surface area (Å²) in [6.45, 7) is 2.58. The van der Waals surface area contributed by atoms with Crippen LogP contribution in [0, 0.1) is 18.3 Å². The average molecular weight is 250 g/mol. The Labute approximate surface area is 106 Å². The van der Waals surface area contributed by atoms with E-state index in [-0.39, 0.29) is 5.91 Å². The molecule has 2 nitrogen and oxygen atoms in total. The third-order valence-corrected chi connectivity index (χ3v) is 4.64. The van der Waals surface area contributed by atoms with Crippen LogP contribution in [0.25, 0.3) is 0 Å². The van der Waals surface area contributed by atoms with E-state index in [1.165, 1.54) is 12.8 Å². The summed E-state index contributed by atoms with van der Waals surface area (Å²) < 4.78 is 0. The van der Waals surface area contributed by atoms with E-state index in [0.29, 0.717) is 17.9 Å². The van der Waals surface area contributed by atoms with E-state index in [4.69, 9.17) is 11.6 Å². The van der Waals surface area contributed by atoms with Gasteiger partial charge >= 0.3 is 0 Å². The van der Waals surface area contributed by atoms with Crippen molar-refractivity contribution < 1.29 is 4.79 Å². The maximum Gasteiger partial charge on any atom is 0.223 e. The van der Waals surface area contributed by atoms with Crippen LogP contribution in [0.5, 0.6) is 0 Å². The van der Waals surface area contributed by atoms with E-state index >= 15 is 0 Å². The van der Waals surface area contributed by atoms with Gasteiger partial charge in [-0.2, -0.15) is 0 Å². The van der Waals surface area contributed by atoms with Gasteiger partial charge in [-0.3, -0.25) is 4.79 Å². The predicted octanol–water partition coefficient (Wildman–Crippen LogP) is 3.06. The van der Waals surface area contributed by atoms with Crippen molar-refractivity contribution in [2.24, 2.45) is 11.3 Å². The van der Waals surface area contributed by atoms with Crippen LogP contribution in [0.15, 0.2) is 18.2 Å². The summed E-state index contributed by atoms with van der Waals surface area (Å²) in [6, 6.07) is 5.82. The second-order valence-electron chi connectivity index (χ2n) is 5.36. The average Bonchev–Trinajstić information content (AvgIpc) is 3.22. The third kappa shape index (κ3) is 1.95. The van der Waals surface area contributed by atoms with Gasteiger partial charge in [-0.05, 0) is 48.8 Å². The number of nitrogens with one attached hydrogen (secondary N) is 1. The Morgan fingerprint density at radius 1 is 1.53 bits per heavy atom. The Balaban J connectivity index is 1.60. The second-order valence-corrected chi connectivity index (χ2v) is 5.77. The molecule has 1 spiro atoms. The lowest BCUT2D eigenvalue weighted by Crippen LogP contribution is -2.25. The summed E-state index contributed by atoms with van der Waals surface area (Å²) in [5.41, 5.74) is 2.61. The summed E-state index contributed by atoms with van der Waals surface area (Å²) in [4.78, 5) is 11.9. The van der Waals surface area contributed by atoms with Crippen LogP contribution in [-0.2, 0) is 11.3 Å². The molecule has 1 unspecified atom stereocenters. The molecule has 2 fully saturated rings. The Morgan fingerprint density at radius 2 is 2.29 bits per heavy atom. The fraction of sp³-hybridized carbons (Fsp3) is 0.500. The third-order valence-electron chi connectivity index (χ3n) is 4.23. The van der Waals surface area contributed by atoms with Crippen LogP contribution in [0.3, 0.4) is 0 Å². The summed E-state index contributed by atoms with van der Waals surface area (Å²) in [7, 11) is 0. The molecule has 1 aromatic rings. The molecule has 0 radical (unpaired) electrons. The molecule has 1 atom stereocenters. The molecule has 2 saturated carbocycles. The van der Waals surface area contributed by atoms with Gasteiger partial charge < -0.3 is 5.32 Å². The van der Waals surface area contributed by atoms with Crippen molar-refractivity contribution in [3.8, 4) is 0 Å². The molecule has 90 valence electrons. The van der Waals surface area contributed by atoms with Crippen molar-refractivity contribution in [3.63, 3.8) is 0 Å². The monoisotopic (exact) mass is 249 g/mol. The highest BCUT2D eigenvalue weighted by atomic mass is 35.5. The first kappa shape index (κ1) is 11.1. The number of halogens is 1. The lowest BCUT2D eigenvalue weighted by molar-refractivity contribution is -0.122. The SMILES string of the molecule is Cc1c(Cl)cccc1CNC(=O)C1CC12CC2. The lowest BCUT2D eigenvalue weighted by Gasteiger charge is -2.09. The minimum absolute atomic E-state index is 0.224. The van der Waals surface area contributed by atoms with Crippen molar-refractivity contribution >= 4 is 17.5 Å². The molecule has 0 saturated heterocycles. The minimum Gasteiger partial charge on any atom is -0.352 e. The standard InChI is InChI=1S/C14H16ClNO/c1-9-10(3-2-4-12(9)15)8-16-13(17)11-7-14(11)5-6-14/h2-4,11H,5-8H2,1H3,(H,16,17). The summed E-state index contributed by atoms with van der Waals surface area (Å²) in [5, 5.41) is 3.79. The van der Waals surface area contributed by atoms with E-state index in [1.807, 2.05) is 25.1 Å². The Morgan fingerprint density at radius 3 is 2.94 bits per heavy atom. The van der Waals surface area contributed by atoms with Gasteiger partial charge in [-0.1, -0.05) is 23.7 Å².